The number of amides is 1. The third-order valence-corrected chi connectivity index (χ3v) is 1.96. The summed E-state index contributed by atoms with van der Waals surface area (Å²) in [6.45, 7) is 0.569. The van der Waals surface area contributed by atoms with E-state index in [4.69, 9.17) is 0 Å². The maximum Gasteiger partial charge on any atom is 0.326 e. The fourth-order valence-corrected chi connectivity index (χ4v) is 1.20. The zero-order valence-corrected chi connectivity index (χ0v) is 8.05. The normalized spacial score (nSPS) is 10.1. The maximum atomic E-state index is 11.4. The van der Waals surface area contributed by atoms with E-state index in [1.807, 2.05) is 0 Å². The second-order valence-electron chi connectivity index (χ2n) is 3.03. The first-order valence-corrected chi connectivity index (χ1v) is 4.59. The fourth-order valence-electron chi connectivity index (χ4n) is 1.20. The lowest BCUT2D eigenvalue weighted by Crippen LogP contribution is -2.29. The molecule has 0 unspecified atom stereocenters. The fraction of sp³-hybridized carbons (Fsp3) is 0.222. The van der Waals surface area contributed by atoms with Gasteiger partial charge in [0.1, 0.15) is 6.33 Å². The molecule has 6 nitrogen and oxygen atoms in total. The van der Waals surface area contributed by atoms with Crippen molar-refractivity contribution in [2.45, 2.75) is 6.42 Å². The third-order valence-electron chi connectivity index (χ3n) is 1.96. The molecule has 2 rings (SSSR count). The second kappa shape index (κ2) is 4.41. The summed E-state index contributed by atoms with van der Waals surface area (Å²) in [6, 6.07) is -0.174. The van der Waals surface area contributed by atoms with E-state index >= 15 is 0 Å². The Morgan fingerprint density at radius 3 is 3.13 bits per heavy atom. The summed E-state index contributed by atoms with van der Waals surface area (Å²) in [7, 11) is 0. The van der Waals surface area contributed by atoms with Crippen LogP contribution in [0.3, 0.4) is 0 Å². The number of hydrogen-bond donors (Lipinski definition) is 2. The van der Waals surface area contributed by atoms with Crippen molar-refractivity contribution in [3.8, 4) is 0 Å². The number of nitrogens with one attached hydrogen (secondary N) is 2. The quantitative estimate of drug-likeness (QED) is 0.761. The maximum absolute atomic E-state index is 11.4. The van der Waals surface area contributed by atoms with Crippen LogP contribution in [0.25, 0.3) is 0 Å². The van der Waals surface area contributed by atoms with Crippen LogP contribution in [0.4, 0.5) is 4.79 Å². The molecule has 0 aliphatic heterocycles. The van der Waals surface area contributed by atoms with E-state index in [1.165, 1.54) is 10.9 Å². The van der Waals surface area contributed by atoms with Gasteiger partial charge in [0, 0.05) is 37.3 Å². The van der Waals surface area contributed by atoms with E-state index in [-0.39, 0.29) is 6.03 Å². The lowest BCUT2D eigenvalue weighted by molar-refractivity contribution is 0.242. The molecular formula is C9H11N5O. The van der Waals surface area contributed by atoms with Crippen LogP contribution in [0.1, 0.15) is 5.69 Å². The molecule has 2 N–H and O–H groups in total. The highest BCUT2D eigenvalue weighted by molar-refractivity contribution is 5.76. The van der Waals surface area contributed by atoms with Crippen molar-refractivity contribution in [3.63, 3.8) is 0 Å². The van der Waals surface area contributed by atoms with Gasteiger partial charge in [0.25, 0.3) is 0 Å². The second-order valence-corrected chi connectivity index (χ2v) is 3.03. The monoisotopic (exact) mass is 205 g/mol. The first kappa shape index (κ1) is 9.45. The third kappa shape index (κ3) is 2.43. The highest BCUT2D eigenvalue weighted by atomic mass is 16.2. The van der Waals surface area contributed by atoms with Gasteiger partial charge in [0.2, 0.25) is 0 Å². The molecule has 2 aromatic rings. The Balaban J connectivity index is 1.77. The molecular weight excluding hydrogens is 194 g/mol. The van der Waals surface area contributed by atoms with Crippen molar-refractivity contribution in [1.82, 2.24) is 24.8 Å². The van der Waals surface area contributed by atoms with Crippen molar-refractivity contribution in [2.75, 3.05) is 6.54 Å². The van der Waals surface area contributed by atoms with E-state index < -0.39 is 0 Å². The van der Waals surface area contributed by atoms with Gasteiger partial charge in [-0.2, -0.15) is 0 Å². The Kier molecular flexibility index (Phi) is 2.77. The Hall–Kier alpha value is -2.11. The number of aromatic nitrogens is 4. The van der Waals surface area contributed by atoms with E-state index in [0.717, 1.165) is 12.1 Å². The predicted octanol–water partition coefficient (Wildman–Crippen LogP) is 0.407. The van der Waals surface area contributed by atoms with E-state index in [9.17, 15) is 4.79 Å². The Labute approximate surface area is 86.4 Å². The van der Waals surface area contributed by atoms with E-state index in [1.54, 1.807) is 24.9 Å². The van der Waals surface area contributed by atoms with Crippen LogP contribution in [-0.4, -0.2) is 32.1 Å². The number of nitrogens with zero attached hydrogens (tertiary/aromatic N) is 3. The highest BCUT2D eigenvalue weighted by Crippen LogP contribution is 1.91. The summed E-state index contributed by atoms with van der Waals surface area (Å²) in [5.74, 6) is 0. The molecule has 1 amide bonds. The summed E-state index contributed by atoms with van der Waals surface area (Å²) in [4.78, 5) is 22.1. The van der Waals surface area contributed by atoms with Gasteiger partial charge >= 0.3 is 6.03 Å². The standard InChI is InChI=1S/C9H11N5O/c15-9(14-4-3-10-7-14)12-2-1-8-5-11-6-13-8/h3-7H,1-2H2,(H,11,13)(H,12,15). The van der Waals surface area contributed by atoms with Crippen LogP contribution in [0.2, 0.25) is 0 Å². The van der Waals surface area contributed by atoms with Crippen molar-refractivity contribution in [2.24, 2.45) is 0 Å². The van der Waals surface area contributed by atoms with Gasteiger partial charge < -0.3 is 10.3 Å². The zero-order chi connectivity index (χ0) is 10.5. The SMILES string of the molecule is O=C(NCCc1cnc[nH]1)n1ccnc1. The van der Waals surface area contributed by atoms with Gasteiger partial charge in [-0.05, 0) is 0 Å². The van der Waals surface area contributed by atoms with Gasteiger partial charge in [-0.1, -0.05) is 0 Å². The summed E-state index contributed by atoms with van der Waals surface area (Å²) in [6.07, 6.45) is 8.72. The molecule has 2 aromatic heterocycles. The number of H-pyrrole nitrogens is 1. The average Bonchev–Trinajstić information content (AvgIpc) is 2.90. The van der Waals surface area contributed by atoms with E-state index in [0.29, 0.717) is 6.54 Å². The molecule has 0 saturated heterocycles. The molecule has 15 heavy (non-hydrogen) atoms. The van der Waals surface area contributed by atoms with Crippen LogP contribution >= 0.6 is 0 Å². The molecule has 0 radical (unpaired) electrons. The van der Waals surface area contributed by atoms with Crippen LogP contribution in [0.5, 0.6) is 0 Å². The summed E-state index contributed by atoms with van der Waals surface area (Å²) in [5.41, 5.74) is 1.00. The Morgan fingerprint density at radius 1 is 1.53 bits per heavy atom. The van der Waals surface area contributed by atoms with Crippen LogP contribution in [-0.2, 0) is 6.42 Å². The average molecular weight is 205 g/mol. The number of carbonyl (C=O) groups excluding carboxylic acids is 1. The number of carbonyl (C=O) groups is 1. The molecule has 0 aliphatic rings. The summed E-state index contributed by atoms with van der Waals surface area (Å²) < 4.78 is 1.40. The van der Waals surface area contributed by atoms with Gasteiger partial charge in [-0.3, -0.25) is 4.57 Å². The van der Waals surface area contributed by atoms with Gasteiger partial charge in [-0.15, -0.1) is 0 Å². The lowest BCUT2D eigenvalue weighted by atomic mass is 10.3. The zero-order valence-electron chi connectivity index (χ0n) is 8.05. The van der Waals surface area contributed by atoms with Gasteiger partial charge in [0.05, 0.1) is 6.33 Å². The van der Waals surface area contributed by atoms with Crippen molar-refractivity contribution >= 4 is 6.03 Å². The van der Waals surface area contributed by atoms with Crippen LogP contribution < -0.4 is 5.32 Å². The first-order valence-electron chi connectivity index (χ1n) is 4.59. The number of rotatable bonds is 3. The number of aromatic amines is 1. The minimum Gasteiger partial charge on any atom is -0.348 e. The minimum absolute atomic E-state index is 0.174. The minimum atomic E-state index is -0.174. The number of hydrogen-bond acceptors (Lipinski definition) is 3. The van der Waals surface area contributed by atoms with Gasteiger partial charge in [-0.25, -0.2) is 14.8 Å². The molecule has 0 spiro atoms. The van der Waals surface area contributed by atoms with E-state index in [2.05, 4.69) is 20.3 Å². The molecule has 0 aromatic carbocycles. The molecule has 0 saturated carbocycles. The molecule has 0 aliphatic carbocycles. The molecule has 6 heteroatoms. The smallest absolute Gasteiger partial charge is 0.326 e. The largest absolute Gasteiger partial charge is 0.348 e. The highest BCUT2D eigenvalue weighted by Gasteiger charge is 2.01. The van der Waals surface area contributed by atoms with Gasteiger partial charge in [0.15, 0.2) is 0 Å². The Bertz CT molecular complexity index is 406. The molecule has 0 bridgehead atoms. The first-order chi connectivity index (χ1) is 7.36. The molecule has 78 valence electrons. The molecule has 2 heterocycles. The van der Waals surface area contributed by atoms with Crippen molar-refractivity contribution in [1.29, 1.82) is 0 Å². The van der Waals surface area contributed by atoms with Crippen LogP contribution in [0.15, 0.2) is 31.2 Å². The lowest BCUT2D eigenvalue weighted by Gasteiger charge is -2.03. The topological polar surface area (TPSA) is 75.6 Å². The number of imidazole rings is 2. The Morgan fingerprint density at radius 2 is 2.47 bits per heavy atom. The van der Waals surface area contributed by atoms with Crippen molar-refractivity contribution in [3.05, 3.63) is 36.9 Å². The molecule has 0 atom stereocenters. The molecule has 0 fully saturated rings. The summed E-state index contributed by atoms with van der Waals surface area (Å²) in [5, 5.41) is 2.76. The summed E-state index contributed by atoms with van der Waals surface area (Å²) >= 11 is 0. The van der Waals surface area contributed by atoms with Crippen LogP contribution in [0, 0.1) is 0 Å². The van der Waals surface area contributed by atoms with Crippen molar-refractivity contribution < 1.29 is 4.79 Å². The predicted molar refractivity (Wildman–Crippen MR) is 53.3 cm³/mol.